The van der Waals surface area contributed by atoms with Crippen LogP contribution in [0.4, 0.5) is 0 Å². The predicted octanol–water partition coefficient (Wildman–Crippen LogP) is 3.48. The van der Waals surface area contributed by atoms with Crippen molar-refractivity contribution in [2.45, 2.75) is 44.8 Å². The van der Waals surface area contributed by atoms with E-state index < -0.39 is 0 Å². The summed E-state index contributed by atoms with van der Waals surface area (Å²) in [4.78, 5) is 23.5. The summed E-state index contributed by atoms with van der Waals surface area (Å²) in [5.41, 5.74) is 5.45. The molecule has 2 aromatic rings. The van der Waals surface area contributed by atoms with Gasteiger partial charge in [0.2, 0.25) is 5.91 Å². The molecule has 0 fully saturated rings. The number of thioether (sulfide) groups is 1. The Labute approximate surface area is 167 Å². The number of amides is 1. The van der Waals surface area contributed by atoms with Gasteiger partial charge in [0.25, 0.3) is 0 Å². The molecule has 1 amide bonds. The minimum atomic E-state index is 0.0571. The molecule has 6 heteroatoms. The van der Waals surface area contributed by atoms with Gasteiger partial charge >= 0.3 is 0 Å². The second kappa shape index (κ2) is 9.85. The highest BCUT2D eigenvalue weighted by molar-refractivity contribution is 7.98. The van der Waals surface area contributed by atoms with Crippen LogP contribution in [0.25, 0.3) is 0 Å². The van der Waals surface area contributed by atoms with Gasteiger partial charge in [-0.15, -0.1) is 0 Å². The molecule has 27 heavy (non-hydrogen) atoms. The Morgan fingerprint density at radius 3 is 2.22 bits per heavy atom. The summed E-state index contributed by atoms with van der Waals surface area (Å²) < 4.78 is 0. The van der Waals surface area contributed by atoms with Crippen molar-refractivity contribution in [2.75, 3.05) is 26.9 Å². The Hall–Kier alpha value is -1.92. The van der Waals surface area contributed by atoms with Crippen molar-refractivity contribution in [3.8, 4) is 0 Å². The number of aryl methyl sites for hydroxylation is 3. The second-order valence-corrected chi connectivity index (χ2v) is 7.83. The zero-order valence-corrected chi connectivity index (χ0v) is 18.0. The van der Waals surface area contributed by atoms with Crippen molar-refractivity contribution in [1.82, 2.24) is 20.2 Å². The largest absolute Gasteiger partial charge is 0.354 e. The van der Waals surface area contributed by atoms with Gasteiger partial charge in [-0.05, 0) is 58.7 Å². The van der Waals surface area contributed by atoms with Crippen LogP contribution < -0.4 is 5.32 Å². The summed E-state index contributed by atoms with van der Waals surface area (Å²) in [6.45, 7) is 6.65. The lowest BCUT2D eigenvalue weighted by Crippen LogP contribution is -2.34. The molecule has 1 aromatic carbocycles. The molecule has 0 spiro atoms. The first-order chi connectivity index (χ1) is 12.8. The minimum absolute atomic E-state index is 0.0571. The van der Waals surface area contributed by atoms with E-state index in [1.807, 2.05) is 34.2 Å². The molecule has 0 saturated carbocycles. The van der Waals surface area contributed by atoms with Crippen molar-refractivity contribution in [3.63, 3.8) is 0 Å². The van der Waals surface area contributed by atoms with Gasteiger partial charge in [-0.25, -0.2) is 9.97 Å². The summed E-state index contributed by atoms with van der Waals surface area (Å²) in [5, 5.41) is 3.87. The van der Waals surface area contributed by atoms with Crippen molar-refractivity contribution >= 4 is 17.7 Å². The summed E-state index contributed by atoms with van der Waals surface area (Å²) in [6, 6.07) is 8.63. The maximum absolute atomic E-state index is 12.4. The van der Waals surface area contributed by atoms with E-state index in [-0.39, 0.29) is 11.9 Å². The first-order valence-corrected chi connectivity index (χ1v) is 10.4. The number of hydrogen-bond donors (Lipinski definition) is 1. The molecule has 0 radical (unpaired) electrons. The molecule has 0 saturated heterocycles. The van der Waals surface area contributed by atoms with Gasteiger partial charge in [0.15, 0.2) is 5.16 Å². The third-order valence-corrected chi connectivity index (χ3v) is 5.31. The van der Waals surface area contributed by atoms with Crippen LogP contribution in [0.3, 0.4) is 0 Å². The van der Waals surface area contributed by atoms with E-state index in [9.17, 15) is 4.79 Å². The number of nitrogens with zero attached hydrogens (tertiary/aromatic N) is 3. The molecule has 0 bridgehead atoms. The summed E-state index contributed by atoms with van der Waals surface area (Å²) >= 11 is 1.54. The Kier molecular flexibility index (Phi) is 7.80. The van der Waals surface area contributed by atoms with E-state index in [0.29, 0.717) is 19.4 Å². The Morgan fingerprint density at radius 1 is 1.11 bits per heavy atom. The minimum Gasteiger partial charge on any atom is -0.354 e. The molecular weight excluding hydrogens is 356 g/mol. The molecular formula is C21H30N4OS. The molecule has 1 heterocycles. The van der Waals surface area contributed by atoms with Crippen LogP contribution in [0.15, 0.2) is 29.4 Å². The average Bonchev–Trinajstić information content (AvgIpc) is 2.62. The summed E-state index contributed by atoms with van der Waals surface area (Å²) in [7, 11) is 4.07. The fourth-order valence-electron chi connectivity index (χ4n) is 3.09. The van der Waals surface area contributed by atoms with E-state index in [1.54, 1.807) is 0 Å². The van der Waals surface area contributed by atoms with Crippen LogP contribution in [-0.2, 0) is 11.2 Å². The molecule has 0 aliphatic heterocycles. The van der Waals surface area contributed by atoms with E-state index in [2.05, 4.69) is 51.4 Å². The van der Waals surface area contributed by atoms with Crippen LogP contribution in [0.2, 0.25) is 0 Å². The second-order valence-electron chi connectivity index (χ2n) is 7.05. The van der Waals surface area contributed by atoms with Crippen LogP contribution in [0.5, 0.6) is 0 Å². The number of carbonyl (C=O) groups excluding carboxylic acids is 1. The normalized spacial score (nSPS) is 12.3. The monoisotopic (exact) mass is 386 g/mol. The Bertz CT molecular complexity index is 751. The first kappa shape index (κ1) is 21.4. The standard InChI is InChI=1S/C21H30N4OS/c1-14-7-9-17(10-8-14)19(25(4)5)13-22-20(26)12-11-18-15(2)23-21(27-6)24-16(18)3/h7-10,19H,11-13H2,1-6H3,(H,22,26). The lowest BCUT2D eigenvalue weighted by Gasteiger charge is -2.25. The maximum atomic E-state index is 12.4. The number of nitrogens with one attached hydrogen (secondary N) is 1. The molecule has 1 unspecified atom stereocenters. The third kappa shape index (κ3) is 6.04. The van der Waals surface area contributed by atoms with E-state index in [0.717, 1.165) is 22.1 Å². The molecule has 2 rings (SSSR count). The van der Waals surface area contributed by atoms with E-state index in [4.69, 9.17) is 0 Å². The van der Waals surface area contributed by atoms with E-state index in [1.165, 1.54) is 22.9 Å². The number of benzene rings is 1. The zero-order valence-electron chi connectivity index (χ0n) is 17.2. The number of rotatable bonds is 8. The first-order valence-electron chi connectivity index (χ1n) is 9.19. The Morgan fingerprint density at radius 2 is 1.70 bits per heavy atom. The number of likely N-dealkylation sites (N-methyl/N-ethyl adjacent to an activating group) is 1. The average molecular weight is 387 g/mol. The van der Waals surface area contributed by atoms with Gasteiger partial charge in [0, 0.05) is 24.4 Å². The molecule has 5 nitrogen and oxygen atoms in total. The molecule has 146 valence electrons. The molecule has 1 atom stereocenters. The van der Waals surface area contributed by atoms with Gasteiger partial charge in [-0.2, -0.15) is 0 Å². The Balaban J connectivity index is 1.94. The third-order valence-electron chi connectivity index (χ3n) is 4.76. The topological polar surface area (TPSA) is 58.1 Å². The quantitative estimate of drug-likeness (QED) is 0.556. The van der Waals surface area contributed by atoms with Gasteiger partial charge in [0.05, 0.1) is 6.04 Å². The lowest BCUT2D eigenvalue weighted by molar-refractivity contribution is -0.121. The van der Waals surface area contributed by atoms with Crippen molar-refractivity contribution < 1.29 is 4.79 Å². The number of hydrogen-bond acceptors (Lipinski definition) is 5. The van der Waals surface area contributed by atoms with Gasteiger partial charge in [-0.3, -0.25) is 4.79 Å². The fraction of sp³-hybridized carbons (Fsp3) is 0.476. The van der Waals surface area contributed by atoms with Gasteiger partial charge < -0.3 is 10.2 Å². The van der Waals surface area contributed by atoms with Crippen LogP contribution in [0.1, 0.15) is 40.5 Å². The summed E-state index contributed by atoms with van der Waals surface area (Å²) in [5.74, 6) is 0.0571. The fourth-order valence-corrected chi connectivity index (χ4v) is 3.54. The SMILES string of the molecule is CSc1nc(C)c(CCC(=O)NCC(c2ccc(C)cc2)N(C)C)c(C)n1. The number of carbonyl (C=O) groups is 1. The van der Waals surface area contributed by atoms with E-state index >= 15 is 0 Å². The van der Waals surface area contributed by atoms with Crippen LogP contribution in [0, 0.1) is 20.8 Å². The predicted molar refractivity (Wildman–Crippen MR) is 112 cm³/mol. The highest BCUT2D eigenvalue weighted by Crippen LogP contribution is 2.19. The molecule has 0 aliphatic rings. The van der Waals surface area contributed by atoms with Crippen molar-refractivity contribution in [3.05, 3.63) is 52.3 Å². The molecule has 0 aliphatic carbocycles. The lowest BCUT2D eigenvalue weighted by atomic mass is 10.0. The highest BCUT2D eigenvalue weighted by Gasteiger charge is 2.16. The van der Waals surface area contributed by atoms with Gasteiger partial charge in [-0.1, -0.05) is 41.6 Å². The van der Waals surface area contributed by atoms with Crippen LogP contribution in [-0.4, -0.2) is 47.7 Å². The van der Waals surface area contributed by atoms with Crippen molar-refractivity contribution in [2.24, 2.45) is 0 Å². The van der Waals surface area contributed by atoms with Crippen molar-refractivity contribution in [1.29, 1.82) is 0 Å². The van der Waals surface area contributed by atoms with Crippen LogP contribution >= 0.6 is 11.8 Å². The summed E-state index contributed by atoms with van der Waals surface area (Å²) in [6.07, 6.45) is 3.07. The zero-order chi connectivity index (χ0) is 20.0. The van der Waals surface area contributed by atoms with Gasteiger partial charge in [0.1, 0.15) is 0 Å². The maximum Gasteiger partial charge on any atom is 0.220 e. The molecule has 1 aromatic heterocycles. The number of aromatic nitrogens is 2. The molecule has 1 N–H and O–H groups in total. The smallest absolute Gasteiger partial charge is 0.220 e. The highest BCUT2D eigenvalue weighted by atomic mass is 32.2.